The Morgan fingerprint density at radius 3 is 2.33 bits per heavy atom. The van der Waals surface area contributed by atoms with E-state index in [4.69, 9.17) is 4.42 Å². The lowest BCUT2D eigenvalue weighted by Crippen LogP contribution is -2.51. The van der Waals surface area contributed by atoms with E-state index in [1.54, 1.807) is 6.20 Å². The molecule has 1 heterocycles. The average molecular weight is 252 g/mol. The molecule has 1 atom stereocenters. The first-order valence-corrected chi connectivity index (χ1v) is 6.30. The summed E-state index contributed by atoms with van der Waals surface area (Å²) in [5, 5.41) is 3.35. The van der Waals surface area contributed by atoms with Gasteiger partial charge in [0.1, 0.15) is 6.26 Å². The molecule has 1 aromatic heterocycles. The van der Waals surface area contributed by atoms with Crippen molar-refractivity contribution >= 4 is 5.78 Å². The molecule has 18 heavy (non-hydrogen) atoms. The molecule has 0 saturated carbocycles. The van der Waals surface area contributed by atoms with Gasteiger partial charge < -0.3 is 9.73 Å². The summed E-state index contributed by atoms with van der Waals surface area (Å²) in [6.07, 6.45) is 3.62. The van der Waals surface area contributed by atoms with Crippen LogP contribution in [0.4, 0.5) is 0 Å². The van der Waals surface area contributed by atoms with Crippen molar-refractivity contribution < 1.29 is 9.21 Å². The smallest absolute Gasteiger partial charge is 0.195 e. The van der Waals surface area contributed by atoms with Gasteiger partial charge in [-0.2, -0.15) is 0 Å². The van der Waals surface area contributed by atoms with Gasteiger partial charge in [0.25, 0.3) is 0 Å². The number of hydrogen-bond acceptors (Lipinski definition) is 4. The van der Waals surface area contributed by atoms with E-state index >= 15 is 0 Å². The highest BCUT2D eigenvalue weighted by molar-refractivity contribution is 5.88. The lowest BCUT2D eigenvalue weighted by Gasteiger charge is -2.31. The maximum absolute atomic E-state index is 12.4. The molecule has 0 aromatic carbocycles. The van der Waals surface area contributed by atoms with Crippen molar-refractivity contribution in [1.29, 1.82) is 0 Å². The summed E-state index contributed by atoms with van der Waals surface area (Å²) in [7, 11) is 0. The molecule has 0 saturated heterocycles. The molecule has 0 unspecified atom stereocenters. The van der Waals surface area contributed by atoms with Gasteiger partial charge in [0.05, 0.1) is 12.2 Å². The lowest BCUT2D eigenvalue weighted by molar-refractivity contribution is -0.129. The van der Waals surface area contributed by atoms with Crippen LogP contribution in [0.1, 0.15) is 47.4 Å². The molecule has 0 aliphatic heterocycles. The highest BCUT2D eigenvalue weighted by Gasteiger charge is 2.32. The van der Waals surface area contributed by atoms with Gasteiger partial charge in [-0.05, 0) is 20.8 Å². The number of hydrogen-bond donors (Lipinski definition) is 1. The first kappa shape index (κ1) is 14.9. The lowest BCUT2D eigenvalue weighted by atomic mass is 9.84. The molecule has 0 amide bonds. The topological polar surface area (TPSA) is 55.1 Å². The zero-order chi connectivity index (χ0) is 14.0. The Hall–Kier alpha value is -1.16. The molecule has 0 aliphatic rings. The number of Topliss-reactive ketones (excluding diaryl/α,β-unsaturated/α-hetero) is 1. The van der Waals surface area contributed by atoms with Gasteiger partial charge in [-0.15, -0.1) is 0 Å². The molecule has 1 N–H and O–H groups in total. The summed E-state index contributed by atoms with van der Waals surface area (Å²) in [5.41, 5.74) is -0.506. The van der Waals surface area contributed by atoms with E-state index in [2.05, 4.69) is 10.3 Å². The van der Waals surface area contributed by atoms with Crippen LogP contribution in [0.3, 0.4) is 0 Å². The molecule has 102 valence electrons. The Bertz CT molecular complexity index is 383. The number of carbonyl (C=O) groups is 1. The van der Waals surface area contributed by atoms with Gasteiger partial charge in [-0.3, -0.25) is 4.79 Å². The van der Waals surface area contributed by atoms with Crippen LogP contribution in [-0.2, 0) is 11.2 Å². The zero-order valence-electron chi connectivity index (χ0n) is 12.2. The fraction of sp³-hybridized carbons (Fsp3) is 0.714. The van der Waals surface area contributed by atoms with Crippen LogP contribution in [0, 0.1) is 5.41 Å². The zero-order valence-corrected chi connectivity index (χ0v) is 12.2. The third-order valence-electron chi connectivity index (χ3n) is 2.53. The van der Waals surface area contributed by atoms with Crippen molar-refractivity contribution in [1.82, 2.24) is 10.3 Å². The molecule has 1 rings (SSSR count). The molecule has 4 nitrogen and oxygen atoms in total. The van der Waals surface area contributed by atoms with Crippen LogP contribution in [0.25, 0.3) is 0 Å². The summed E-state index contributed by atoms with van der Waals surface area (Å²) in [5.74, 6) is 0.768. The first-order valence-electron chi connectivity index (χ1n) is 6.30. The fourth-order valence-corrected chi connectivity index (χ4v) is 1.78. The summed E-state index contributed by atoms with van der Waals surface area (Å²) in [4.78, 5) is 16.5. The number of nitrogens with one attached hydrogen (secondary N) is 1. The quantitative estimate of drug-likeness (QED) is 0.895. The Balaban J connectivity index is 2.85. The van der Waals surface area contributed by atoms with E-state index in [1.165, 1.54) is 6.26 Å². The normalized spacial score (nSPS) is 14.6. The Morgan fingerprint density at radius 1 is 1.33 bits per heavy atom. The number of nitrogens with zero attached hydrogens (tertiary/aromatic N) is 1. The molecular weight excluding hydrogens is 228 g/mol. The van der Waals surface area contributed by atoms with E-state index in [1.807, 2.05) is 41.5 Å². The molecule has 4 heteroatoms. The van der Waals surface area contributed by atoms with Gasteiger partial charge in [-0.1, -0.05) is 20.8 Å². The summed E-state index contributed by atoms with van der Waals surface area (Å²) >= 11 is 0. The minimum absolute atomic E-state index is 0.127. The van der Waals surface area contributed by atoms with Crippen molar-refractivity contribution in [2.24, 2.45) is 5.41 Å². The van der Waals surface area contributed by atoms with Crippen molar-refractivity contribution in [2.45, 2.75) is 59.5 Å². The average Bonchev–Trinajstić information content (AvgIpc) is 2.64. The second-order valence-corrected chi connectivity index (χ2v) is 6.69. The number of rotatable bonds is 4. The second-order valence-electron chi connectivity index (χ2n) is 6.69. The van der Waals surface area contributed by atoms with Crippen LogP contribution in [0.2, 0.25) is 0 Å². The fourth-order valence-electron chi connectivity index (χ4n) is 1.78. The number of oxazole rings is 1. The summed E-state index contributed by atoms with van der Waals surface area (Å²) in [6, 6.07) is -0.274. The molecular formula is C14H24N2O2. The van der Waals surface area contributed by atoms with Gasteiger partial charge in [0.2, 0.25) is 0 Å². The molecule has 0 aliphatic carbocycles. The Morgan fingerprint density at radius 2 is 1.94 bits per heavy atom. The van der Waals surface area contributed by atoms with Crippen molar-refractivity contribution in [3.63, 3.8) is 0 Å². The summed E-state index contributed by atoms with van der Waals surface area (Å²) in [6.45, 7) is 11.9. The van der Waals surface area contributed by atoms with Gasteiger partial charge >= 0.3 is 0 Å². The molecule has 0 bridgehead atoms. The third kappa shape index (κ3) is 4.61. The molecule has 0 spiro atoms. The Kier molecular flexibility index (Phi) is 4.32. The number of ketones is 1. The predicted octanol–water partition coefficient (Wildman–Crippen LogP) is 2.59. The van der Waals surface area contributed by atoms with E-state index in [0.717, 1.165) is 0 Å². The van der Waals surface area contributed by atoms with Crippen LogP contribution in [0.15, 0.2) is 16.9 Å². The third-order valence-corrected chi connectivity index (χ3v) is 2.53. The second kappa shape index (κ2) is 5.22. The summed E-state index contributed by atoms with van der Waals surface area (Å²) < 4.78 is 5.24. The largest absolute Gasteiger partial charge is 0.449 e. The maximum Gasteiger partial charge on any atom is 0.195 e. The molecule has 0 radical (unpaired) electrons. The first-order chi connectivity index (χ1) is 8.09. The monoisotopic (exact) mass is 252 g/mol. The van der Waals surface area contributed by atoms with Gasteiger partial charge in [0, 0.05) is 17.4 Å². The van der Waals surface area contributed by atoms with Crippen molar-refractivity contribution in [3.05, 3.63) is 18.4 Å². The number of carbonyl (C=O) groups excluding carboxylic acids is 1. The van der Waals surface area contributed by atoms with Crippen LogP contribution in [0.5, 0.6) is 0 Å². The standard InChI is InChI=1S/C14H24N2O2/c1-13(2,3)12(17)10(16-14(4,5)6)9-11-15-7-8-18-11/h7-8,10,16H,9H2,1-6H3/t10-/m0/s1. The Labute approximate surface area is 109 Å². The van der Waals surface area contributed by atoms with Crippen molar-refractivity contribution in [3.8, 4) is 0 Å². The minimum Gasteiger partial charge on any atom is -0.449 e. The van der Waals surface area contributed by atoms with E-state index in [9.17, 15) is 4.79 Å². The molecule has 1 aromatic rings. The van der Waals surface area contributed by atoms with E-state index < -0.39 is 0 Å². The highest BCUT2D eigenvalue weighted by atomic mass is 16.3. The van der Waals surface area contributed by atoms with Crippen LogP contribution >= 0.6 is 0 Å². The SMILES string of the molecule is CC(C)(C)N[C@@H](Cc1ncco1)C(=O)C(C)(C)C. The molecule has 0 fully saturated rings. The van der Waals surface area contributed by atoms with Gasteiger partial charge in [-0.25, -0.2) is 4.98 Å². The highest BCUT2D eigenvalue weighted by Crippen LogP contribution is 2.20. The van der Waals surface area contributed by atoms with E-state index in [-0.39, 0.29) is 22.8 Å². The number of aromatic nitrogens is 1. The van der Waals surface area contributed by atoms with Gasteiger partial charge in [0.15, 0.2) is 11.7 Å². The van der Waals surface area contributed by atoms with Crippen LogP contribution < -0.4 is 5.32 Å². The van der Waals surface area contributed by atoms with E-state index in [0.29, 0.717) is 12.3 Å². The van der Waals surface area contributed by atoms with Crippen LogP contribution in [-0.4, -0.2) is 22.3 Å². The maximum atomic E-state index is 12.4. The minimum atomic E-state index is -0.379. The van der Waals surface area contributed by atoms with Crippen molar-refractivity contribution in [2.75, 3.05) is 0 Å². The predicted molar refractivity (Wildman–Crippen MR) is 71.3 cm³/mol.